The van der Waals surface area contributed by atoms with E-state index in [4.69, 9.17) is 9.47 Å². The Hall–Kier alpha value is -2.73. The van der Waals surface area contributed by atoms with Crippen molar-refractivity contribution in [3.63, 3.8) is 0 Å². The number of carbonyl (C=O) groups excluding carboxylic acids is 1. The first-order valence-corrected chi connectivity index (χ1v) is 8.07. The summed E-state index contributed by atoms with van der Waals surface area (Å²) in [7, 11) is 3.18. The van der Waals surface area contributed by atoms with E-state index in [-0.39, 0.29) is 5.91 Å². The third kappa shape index (κ3) is 3.78. The zero-order valence-corrected chi connectivity index (χ0v) is 14.1. The van der Waals surface area contributed by atoms with E-state index in [1.807, 2.05) is 42.5 Å². The van der Waals surface area contributed by atoms with Crippen LogP contribution >= 0.6 is 11.8 Å². The number of hydrogen-bond acceptors (Lipinski definition) is 5. The molecule has 1 N–H and O–H groups in total. The van der Waals surface area contributed by atoms with E-state index in [0.29, 0.717) is 21.6 Å². The molecule has 2 aromatic carbocycles. The lowest BCUT2D eigenvalue weighted by Gasteiger charge is -2.06. The Morgan fingerprint density at radius 2 is 1.71 bits per heavy atom. The highest BCUT2D eigenvalue weighted by Crippen LogP contribution is 2.30. The number of aliphatic imine (C=N–C) groups is 1. The molecule has 1 amide bonds. The normalized spacial score (nSPS) is 17.2. The van der Waals surface area contributed by atoms with Crippen molar-refractivity contribution < 1.29 is 14.3 Å². The van der Waals surface area contributed by atoms with Crippen molar-refractivity contribution in [1.29, 1.82) is 0 Å². The van der Waals surface area contributed by atoms with Crippen LogP contribution in [0.3, 0.4) is 0 Å². The van der Waals surface area contributed by atoms with E-state index in [2.05, 4.69) is 10.3 Å². The average molecular weight is 340 g/mol. The van der Waals surface area contributed by atoms with Gasteiger partial charge in [0.1, 0.15) is 11.5 Å². The maximum Gasteiger partial charge on any atom is 0.264 e. The molecule has 24 heavy (non-hydrogen) atoms. The second-order valence-electron chi connectivity index (χ2n) is 4.96. The van der Waals surface area contributed by atoms with Gasteiger partial charge in [0.2, 0.25) is 0 Å². The molecule has 6 heteroatoms. The molecule has 1 aliphatic heterocycles. The van der Waals surface area contributed by atoms with E-state index < -0.39 is 0 Å². The van der Waals surface area contributed by atoms with Gasteiger partial charge >= 0.3 is 0 Å². The summed E-state index contributed by atoms with van der Waals surface area (Å²) in [5.41, 5.74) is 1.62. The van der Waals surface area contributed by atoms with Gasteiger partial charge in [0.25, 0.3) is 5.91 Å². The maximum atomic E-state index is 12.1. The third-order valence-electron chi connectivity index (χ3n) is 3.31. The molecule has 0 unspecified atom stereocenters. The molecular weight excluding hydrogens is 324 g/mol. The van der Waals surface area contributed by atoms with Crippen LogP contribution in [0, 0.1) is 0 Å². The van der Waals surface area contributed by atoms with Crippen LogP contribution in [0.4, 0.5) is 5.69 Å². The summed E-state index contributed by atoms with van der Waals surface area (Å²) in [6.45, 7) is 0. The Morgan fingerprint density at radius 3 is 2.33 bits per heavy atom. The number of nitrogens with one attached hydrogen (secondary N) is 1. The van der Waals surface area contributed by atoms with Crippen LogP contribution in [0.5, 0.6) is 11.5 Å². The molecule has 0 bridgehead atoms. The number of rotatable bonds is 4. The molecule has 3 rings (SSSR count). The van der Waals surface area contributed by atoms with Crippen molar-refractivity contribution >= 4 is 34.6 Å². The minimum absolute atomic E-state index is 0.170. The Labute approximate surface area is 144 Å². The smallest absolute Gasteiger partial charge is 0.264 e. The molecule has 2 aromatic rings. The van der Waals surface area contributed by atoms with Gasteiger partial charge in [-0.1, -0.05) is 18.2 Å². The molecule has 0 aromatic heterocycles. The molecule has 0 spiro atoms. The summed E-state index contributed by atoms with van der Waals surface area (Å²) < 4.78 is 10.5. The first-order valence-electron chi connectivity index (χ1n) is 7.25. The molecule has 1 fully saturated rings. The van der Waals surface area contributed by atoms with Crippen molar-refractivity contribution in [1.82, 2.24) is 5.32 Å². The van der Waals surface area contributed by atoms with Crippen LogP contribution in [0.25, 0.3) is 6.08 Å². The number of benzene rings is 2. The van der Waals surface area contributed by atoms with Crippen LogP contribution in [0.2, 0.25) is 0 Å². The summed E-state index contributed by atoms with van der Waals surface area (Å²) in [5.74, 6) is 1.17. The largest absolute Gasteiger partial charge is 0.497 e. The minimum Gasteiger partial charge on any atom is -0.497 e. The number of hydrogen-bond donors (Lipinski definition) is 1. The van der Waals surface area contributed by atoms with E-state index in [1.54, 1.807) is 26.4 Å². The van der Waals surface area contributed by atoms with Gasteiger partial charge in [-0.15, -0.1) is 0 Å². The minimum atomic E-state index is -0.170. The van der Waals surface area contributed by atoms with Gasteiger partial charge < -0.3 is 14.8 Å². The van der Waals surface area contributed by atoms with Gasteiger partial charge in [0.15, 0.2) is 5.17 Å². The second-order valence-corrected chi connectivity index (χ2v) is 5.99. The summed E-state index contributed by atoms with van der Waals surface area (Å²) in [6.07, 6.45) is 1.79. The van der Waals surface area contributed by atoms with Crippen molar-refractivity contribution in [2.75, 3.05) is 14.2 Å². The summed E-state index contributed by atoms with van der Waals surface area (Å²) in [5, 5.41) is 3.34. The molecule has 0 atom stereocenters. The lowest BCUT2D eigenvalue weighted by atomic mass is 10.2. The number of amides is 1. The predicted molar refractivity (Wildman–Crippen MR) is 96.8 cm³/mol. The number of nitrogens with zero attached hydrogens (tertiary/aromatic N) is 1. The van der Waals surface area contributed by atoms with Crippen molar-refractivity contribution in [3.8, 4) is 11.5 Å². The summed E-state index contributed by atoms with van der Waals surface area (Å²) in [4.78, 5) is 17.1. The number of amidine groups is 1. The van der Waals surface area contributed by atoms with Gasteiger partial charge in [-0.3, -0.25) is 4.79 Å². The highest BCUT2D eigenvalue weighted by molar-refractivity contribution is 8.18. The van der Waals surface area contributed by atoms with Gasteiger partial charge in [-0.05, 0) is 47.7 Å². The first kappa shape index (κ1) is 16.1. The lowest BCUT2D eigenvalue weighted by molar-refractivity contribution is -0.115. The number of methoxy groups -OCH3 is 2. The van der Waals surface area contributed by atoms with E-state index in [9.17, 15) is 4.79 Å². The van der Waals surface area contributed by atoms with Gasteiger partial charge in [-0.25, -0.2) is 4.99 Å². The topological polar surface area (TPSA) is 59.9 Å². The molecule has 1 aliphatic rings. The molecule has 0 saturated carbocycles. The maximum absolute atomic E-state index is 12.1. The molecule has 0 radical (unpaired) electrons. The van der Waals surface area contributed by atoms with Crippen LogP contribution in [-0.2, 0) is 4.79 Å². The molecule has 122 valence electrons. The Balaban J connectivity index is 1.86. The lowest BCUT2D eigenvalue weighted by Crippen LogP contribution is -2.19. The fourth-order valence-electron chi connectivity index (χ4n) is 2.16. The standard InChI is InChI=1S/C18H16N2O3S/c1-22-14-8-12(9-15(11-14)23-2)10-16-17(21)20-18(24-16)19-13-6-4-3-5-7-13/h3-11H,1-2H3,(H,19,20,21)/b16-10-. The third-order valence-corrected chi connectivity index (χ3v) is 4.22. The first-order chi connectivity index (χ1) is 11.7. The number of para-hydroxylation sites is 1. The quantitative estimate of drug-likeness (QED) is 0.864. The van der Waals surface area contributed by atoms with Crippen LogP contribution in [0.1, 0.15) is 5.56 Å². The zero-order chi connectivity index (χ0) is 16.9. The van der Waals surface area contributed by atoms with E-state index in [1.165, 1.54) is 11.8 Å². The highest BCUT2D eigenvalue weighted by Gasteiger charge is 2.23. The zero-order valence-electron chi connectivity index (χ0n) is 13.3. The molecule has 5 nitrogen and oxygen atoms in total. The van der Waals surface area contributed by atoms with E-state index >= 15 is 0 Å². The van der Waals surface area contributed by atoms with Crippen molar-refractivity contribution in [2.24, 2.45) is 4.99 Å². The second kappa shape index (κ2) is 7.23. The highest BCUT2D eigenvalue weighted by atomic mass is 32.2. The van der Waals surface area contributed by atoms with Gasteiger partial charge in [-0.2, -0.15) is 0 Å². The molecular formula is C18H16N2O3S. The van der Waals surface area contributed by atoms with Gasteiger partial charge in [0.05, 0.1) is 24.8 Å². The van der Waals surface area contributed by atoms with E-state index in [0.717, 1.165) is 11.3 Å². The van der Waals surface area contributed by atoms with Gasteiger partial charge in [0, 0.05) is 6.07 Å². The summed E-state index contributed by atoms with van der Waals surface area (Å²) >= 11 is 1.30. The Kier molecular flexibility index (Phi) is 4.86. The average Bonchev–Trinajstić information content (AvgIpc) is 2.94. The Bertz CT molecular complexity index is 794. The number of ether oxygens (including phenoxy) is 2. The predicted octanol–water partition coefficient (Wildman–Crippen LogP) is 3.60. The monoisotopic (exact) mass is 340 g/mol. The van der Waals surface area contributed by atoms with Crippen LogP contribution in [-0.4, -0.2) is 25.3 Å². The number of carbonyl (C=O) groups is 1. The molecule has 0 aliphatic carbocycles. The van der Waals surface area contributed by atoms with Crippen LogP contribution < -0.4 is 14.8 Å². The number of thioether (sulfide) groups is 1. The summed E-state index contributed by atoms with van der Waals surface area (Å²) in [6, 6.07) is 15.0. The molecule has 1 heterocycles. The fraction of sp³-hybridized carbons (Fsp3) is 0.111. The fourth-order valence-corrected chi connectivity index (χ4v) is 3.01. The Morgan fingerprint density at radius 1 is 1.04 bits per heavy atom. The molecule has 1 saturated heterocycles. The van der Waals surface area contributed by atoms with Crippen LogP contribution in [0.15, 0.2) is 58.4 Å². The van der Waals surface area contributed by atoms with Crippen molar-refractivity contribution in [3.05, 3.63) is 59.0 Å². The van der Waals surface area contributed by atoms with Crippen molar-refractivity contribution in [2.45, 2.75) is 0 Å². The SMILES string of the molecule is COc1cc(/C=C2\SC(=Nc3ccccc3)NC2=O)cc(OC)c1.